The van der Waals surface area contributed by atoms with Crippen LogP contribution in [0.25, 0.3) is 0 Å². The molecule has 27 heavy (non-hydrogen) atoms. The largest absolute Gasteiger partial charge is 0.507 e. The number of aromatic hydroxyl groups is 1. The molecule has 1 saturated carbocycles. The number of carbonyl (C=O) groups is 1. The first-order chi connectivity index (χ1) is 13.1. The summed E-state index contributed by atoms with van der Waals surface area (Å²) < 4.78 is 5.24. The van der Waals surface area contributed by atoms with Crippen molar-refractivity contribution >= 4 is 11.9 Å². The normalized spacial score (nSPS) is 15.7. The Hall–Kier alpha value is -2.28. The van der Waals surface area contributed by atoms with Gasteiger partial charge in [0.25, 0.3) is 5.91 Å². The number of hydrogen-bond donors (Lipinski definition) is 4. The molecule has 0 radical (unpaired) electrons. The van der Waals surface area contributed by atoms with Crippen LogP contribution in [0.15, 0.2) is 29.3 Å². The van der Waals surface area contributed by atoms with Crippen molar-refractivity contribution in [3.05, 3.63) is 29.8 Å². The molecule has 1 fully saturated rings. The number of amides is 1. The van der Waals surface area contributed by atoms with Crippen LogP contribution in [0.1, 0.15) is 43.0 Å². The van der Waals surface area contributed by atoms with Gasteiger partial charge in [0.15, 0.2) is 5.96 Å². The highest BCUT2D eigenvalue weighted by Gasteiger charge is 2.36. The summed E-state index contributed by atoms with van der Waals surface area (Å²) in [6.45, 7) is 5.36. The smallest absolute Gasteiger partial charge is 0.255 e. The van der Waals surface area contributed by atoms with Crippen molar-refractivity contribution < 1.29 is 14.6 Å². The molecule has 2 rings (SSSR count). The van der Waals surface area contributed by atoms with E-state index in [9.17, 15) is 9.90 Å². The summed E-state index contributed by atoms with van der Waals surface area (Å²) in [4.78, 5) is 16.8. The quantitative estimate of drug-likeness (QED) is 0.284. The van der Waals surface area contributed by atoms with Gasteiger partial charge in [0, 0.05) is 39.9 Å². The number of aliphatic imine (C=N–C) groups is 1. The molecule has 0 heterocycles. The van der Waals surface area contributed by atoms with E-state index < -0.39 is 0 Å². The van der Waals surface area contributed by atoms with E-state index in [2.05, 4.69) is 16.0 Å². The number of ether oxygens (including phenoxy) is 1. The molecule has 0 spiro atoms. The van der Waals surface area contributed by atoms with E-state index in [-0.39, 0.29) is 22.6 Å². The summed E-state index contributed by atoms with van der Waals surface area (Å²) in [6, 6.07) is 6.52. The van der Waals surface area contributed by atoms with Gasteiger partial charge >= 0.3 is 0 Å². The Labute approximate surface area is 161 Å². The van der Waals surface area contributed by atoms with Crippen molar-refractivity contribution in [2.45, 2.75) is 32.6 Å². The van der Waals surface area contributed by atoms with Gasteiger partial charge in [0.1, 0.15) is 5.75 Å². The van der Waals surface area contributed by atoms with Gasteiger partial charge in [-0.25, -0.2) is 0 Å². The summed E-state index contributed by atoms with van der Waals surface area (Å²) in [7, 11) is 1.74. The van der Waals surface area contributed by atoms with Gasteiger partial charge in [0.05, 0.1) is 5.56 Å². The van der Waals surface area contributed by atoms with Crippen molar-refractivity contribution in [3.63, 3.8) is 0 Å². The maximum absolute atomic E-state index is 12.1. The average molecular weight is 377 g/mol. The second-order valence-electron chi connectivity index (χ2n) is 6.99. The molecule has 1 aromatic carbocycles. The highest BCUT2D eigenvalue weighted by molar-refractivity contribution is 5.96. The van der Waals surface area contributed by atoms with Crippen LogP contribution in [0, 0.1) is 5.41 Å². The molecule has 0 aromatic heterocycles. The molecule has 150 valence electrons. The maximum atomic E-state index is 12.1. The van der Waals surface area contributed by atoms with Crippen LogP contribution >= 0.6 is 0 Å². The number of carbonyl (C=O) groups excluding carboxylic acids is 1. The van der Waals surface area contributed by atoms with E-state index in [0.29, 0.717) is 13.1 Å². The Balaban J connectivity index is 1.78. The minimum Gasteiger partial charge on any atom is -0.507 e. The zero-order valence-electron chi connectivity index (χ0n) is 16.4. The van der Waals surface area contributed by atoms with Crippen LogP contribution in [0.4, 0.5) is 0 Å². The standard InChI is InChI=1S/C20H32N4O3/c1-3-21-19(24-15-20(9-6-10-20)11-14-27-2)23-13-12-22-18(26)16-7-4-5-8-17(16)25/h4-5,7-8,25H,3,6,9-15H2,1-2H3,(H,22,26)(H2,21,23,24). The molecule has 1 aliphatic rings. The average Bonchev–Trinajstić information content (AvgIpc) is 2.64. The SMILES string of the molecule is CCNC(=NCC1(CCOC)CCC1)NCCNC(=O)c1ccccc1O. The zero-order chi connectivity index (χ0) is 19.5. The molecule has 0 saturated heterocycles. The third-order valence-corrected chi connectivity index (χ3v) is 5.02. The van der Waals surface area contributed by atoms with Crippen LogP contribution in [-0.4, -0.2) is 56.9 Å². The molecular formula is C20H32N4O3. The van der Waals surface area contributed by atoms with Crippen LogP contribution in [0.5, 0.6) is 5.75 Å². The van der Waals surface area contributed by atoms with Crippen molar-refractivity contribution in [1.29, 1.82) is 0 Å². The number of benzene rings is 1. The highest BCUT2D eigenvalue weighted by Crippen LogP contribution is 2.44. The molecule has 4 N–H and O–H groups in total. The van der Waals surface area contributed by atoms with Crippen LogP contribution in [-0.2, 0) is 4.74 Å². The van der Waals surface area contributed by atoms with Gasteiger partial charge in [-0.2, -0.15) is 0 Å². The number of hydrogen-bond acceptors (Lipinski definition) is 4. The summed E-state index contributed by atoms with van der Waals surface area (Å²) >= 11 is 0. The fourth-order valence-electron chi connectivity index (χ4n) is 3.19. The molecule has 7 nitrogen and oxygen atoms in total. The number of guanidine groups is 1. The lowest BCUT2D eigenvalue weighted by molar-refractivity contribution is 0.0778. The summed E-state index contributed by atoms with van der Waals surface area (Å²) in [5, 5.41) is 19.0. The predicted molar refractivity (Wildman–Crippen MR) is 107 cm³/mol. The zero-order valence-corrected chi connectivity index (χ0v) is 16.4. The van der Waals surface area contributed by atoms with Gasteiger partial charge < -0.3 is 25.8 Å². The lowest BCUT2D eigenvalue weighted by atomic mass is 9.67. The Morgan fingerprint density at radius 1 is 1.22 bits per heavy atom. The lowest BCUT2D eigenvalue weighted by Crippen LogP contribution is -2.43. The van der Waals surface area contributed by atoms with Crippen molar-refractivity contribution in [2.75, 3.05) is 39.9 Å². The minimum atomic E-state index is -0.287. The summed E-state index contributed by atoms with van der Waals surface area (Å²) in [5.74, 6) is 0.461. The number of phenolic OH excluding ortho intramolecular Hbond substituents is 1. The first-order valence-electron chi connectivity index (χ1n) is 9.67. The number of phenols is 1. The summed E-state index contributed by atoms with van der Waals surface area (Å²) in [5.41, 5.74) is 0.556. The van der Waals surface area contributed by atoms with E-state index in [1.807, 2.05) is 6.92 Å². The third-order valence-electron chi connectivity index (χ3n) is 5.02. The lowest BCUT2D eigenvalue weighted by Gasteiger charge is -2.40. The van der Waals surface area contributed by atoms with E-state index in [0.717, 1.165) is 32.1 Å². The monoisotopic (exact) mass is 376 g/mol. The van der Waals surface area contributed by atoms with E-state index >= 15 is 0 Å². The Bertz CT molecular complexity index is 629. The van der Waals surface area contributed by atoms with Crippen molar-refractivity contribution in [2.24, 2.45) is 10.4 Å². The van der Waals surface area contributed by atoms with Gasteiger partial charge in [-0.05, 0) is 43.7 Å². The molecule has 1 amide bonds. The van der Waals surface area contributed by atoms with Gasteiger partial charge in [-0.3, -0.25) is 9.79 Å². The van der Waals surface area contributed by atoms with Gasteiger partial charge in [-0.1, -0.05) is 18.6 Å². The fraction of sp³-hybridized carbons (Fsp3) is 0.600. The molecule has 0 aliphatic heterocycles. The first-order valence-corrected chi connectivity index (χ1v) is 9.67. The minimum absolute atomic E-state index is 0.0142. The predicted octanol–water partition coefficient (Wildman–Crippen LogP) is 1.88. The maximum Gasteiger partial charge on any atom is 0.255 e. The second kappa shape index (κ2) is 10.8. The van der Waals surface area contributed by atoms with Crippen LogP contribution in [0.2, 0.25) is 0 Å². The number of rotatable bonds is 10. The Morgan fingerprint density at radius 3 is 2.59 bits per heavy atom. The molecule has 1 aromatic rings. The topological polar surface area (TPSA) is 95.0 Å². The highest BCUT2D eigenvalue weighted by atomic mass is 16.5. The van der Waals surface area contributed by atoms with Crippen LogP contribution < -0.4 is 16.0 Å². The molecular weight excluding hydrogens is 344 g/mol. The van der Waals surface area contributed by atoms with E-state index in [4.69, 9.17) is 9.73 Å². The van der Waals surface area contributed by atoms with Crippen molar-refractivity contribution in [1.82, 2.24) is 16.0 Å². The van der Waals surface area contributed by atoms with Gasteiger partial charge in [0.2, 0.25) is 0 Å². The number of nitrogens with zero attached hydrogens (tertiary/aromatic N) is 1. The second-order valence-corrected chi connectivity index (χ2v) is 6.99. The van der Waals surface area contributed by atoms with Crippen molar-refractivity contribution in [3.8, 4) is 5.75 Å². The summed E-state index contributed by atoms with van der Waals surface area (Å²) in [6.07, 6.45) is 4.72. The number of methoxy groups -OCH3 is 1. The van der Waals surface area contributed by atoms with E-state index in [1.54, 1.807) is 25.3 Å². The number of para-hydroxylation sites is 1. The third kappa shape index (κ3) is 6.43. The molecule has 1 aliphatic carbocycles. The Kier molecular flexibility index (Phi) is 8.39. The Morgan fingerprint density at radius 2 is 1.96 bits per heavy atom. The molecule has 0 bridgehead atoms. The van der Waals surface area contributed by atoms with E-state index in [1.165, 1.54) is 25.3 Å². The molecule has 0 atom stereocenters. The van der Waals surface area contributed by atoms with Crippen LogP contribution in [0.3, 0.4) is 0 Å². The molecule has 0 unspecified atom stereocenters. The number of nitrogens with one attached hydrogen (secondary N) is 3. The molecule has 7 heteroatoms. The fourth-order valence-corrected chi connectivity index (χ4v) is 3.19. The first kappa shape index (κ1) is 21.0. The van der Waals surface area contributed by atoms with Gasteiger partial charge in [-0.15, -0.1) is 0 Å².